The Labute approximate surface area is 211 Å². The van der Waals surface area contributed by atoms with E-state index in [4.69, 9.17) is 4.74 Å². The van der Waals surface area contributed by atoms with E-state index in [-0.39, 0.29) is 17.4 Å². The van der Waals surface area contributed by atoms with Gasteiger partial charge in [-0.1, -0.05) is 18.2 Å². The molecule has 0 saturated carbocycles. The van der Waals surface area contributed by atoms with Gasteiger partial charge in [0.25, 0.3) is 5.91 Å². The summed E-state index contributed by atoms with van der Waals surface area (Å²) in [5.41, 5.74) is 5.33. The van der Waals surface area contributed by atoms with Crippen molar-refractivity contribution in [1.29, 1.82) is 5.26 Å². The lowest BCUT2D eigenvalue weighted by molar-refractivity contribution is -0.126. The highest BCUT2D eigenvalue weighted by atomic mass is 16.5. The van der Waals surface area contributed by atoms with Gasteiger partial charge < -0.3 is 19.1 Å². The molecule has 7 heteroatoms. The van der Waals surface area contributed by atoms with E-state index in [1.54, 1.807) is 30.0 Å². The van der Waals surface area contributed by atoms with E-state index in [0.717, 1.165) is 41.4 Å². The number of hydrogen-bond donors (Lipinski definition) is 0. The molecule has 2 aromatic carbocycles. The number of amides is 1. The molecule has 1 aliphatic heterocycles. The number of nitrogens with zero attached hydrogens (tertiary/aromatic N) is 4. The lowest BCUT2D eigenvalue weighted by Crippen LogP contribution is -2.49. The topological polar surface area (TPSA) is 78.6 Å². The van der Waals surface area contributed by atoms with Crippen molar-refractivity contribution in [3.63, 3.8) is 0 Å². The number of benzene rings is 2. The summed E-state index contributed by atoms with van der Waals surface area (Å²) in [7, 11) is 0. The van der Waals surface area contributed by atoms with Gasteiger partial charge in [-0.15, -0.1) is 0 Å². The lowest BCUT2D eigenvalue weighted by atomic mass is 10.1. The van der Waals surface area contributed by atoms with E-state index >= 15 is 0 Å². The number of ether oxygens (including phenoxy) is 1. The summed E-state index contributed by atoms with van der Waals surface area (Å²) >= 11 is 0. The van der Waals surface area contributed by atoms with Crippen LogP contribution in [0.15, 0.2) is 66.2 Å². The molecule has 184 valence electrons. The number of aryl methyl sites for hydroxylation is 1. The number of nitriles is 1. The van der Waals surface area contributed by atoms with Crippen molar-refractivity contribution in [2.24, 2.45) is 0 Å². The Morgan fingerprint density at radius 3 is 2.25 bits per heavy atom. The zero-order valence-corrected chi connectivity index (χ0v) is 20.9. The van der Waals surface area contributed by atoms with Crippen LogP contribution in [0.1, 0.15) is 34.2 Å². The Kier molecular flexibility index (Phi) is 7.55. The molecule has 1 aromatic heterocycles. The predicted octanol–water partition coefficient (Wildman–Crippen LogP) is 4.53. The molecule has 0 atom stereocenters. The first-order valence-electron chi connectivity index (χ1n) is 12.1. The normalized spacial score (nSPS) is 13.9. The van der Waals surface area contributed by atoms with Gasteiger partial charge in [-0.05, 0) is 74.9 Å². The van der Waals surface area contributed by atoms with E-state index in [0.29, 0.717) is 25.3 Å². The summed E-state index contributed by atoms with van der Waals surface area (Å²) in [6.45, 7) is 8.62. The molecule has 2 heterocycles. The summed E-state index contributed by atoms with van der Waals surface area (Å²) in [6, 6.07) is 21.4. The fourth-order valence-electron chi connectivity index (χ4n) is 4.57. The van der Waals surface area contributed by atoms with Crippen LogP contribution >= 0.6 is 0 Å². The molecule has 36 heavy (non-hydrogen) atoms. The molecular weight excluding hydrogens is 452 g/mol. The molecule has 0 N–H and O–H groups in total. The number of carbonyl (C=O) groups is 2. The van der Waals surface area contributed by atoms with Crippen LogP contribution in [0.25, 0.3) is 11.8 Å². The largest absolute Gasteiger partial charge is 0.462 e. The third-order valence-corrected chi connectivity index (χ3v) is 6.45. The molecule has 1 fully saturated rings. The molecule has 1 aliphatic rings. The van der Waals surface area contributed by atoms with Crippen molar-refractivity contribution in [3.05, 3.63) is 88.8 Å². The van der Waals surface area contributed by atoms with Gasteiger partial charge >= 0.3 is 5.97 Å². The highest BCUT2D eigenvalue weighted by Gasteiger charge is 2.24. The van der Waals surface area contributed by atoms with Crippen molar-refractivity contribution < 1.29 is 14.3 Å². The second-order valence-corrected chi connectivity index (χ2v) is 8.71. The predicted molar refractivity (Wildman–Crippen MR) is 140 cm³/mol. The second kappa shape index (κ2) is 11.0. The first kappa shape index (κ1) is 24.8. The van der Waals surface area contributed by atoms with Gasteiger partial charge in [0.2, 0.25) is 0 Å². The average Bonchev–Trinajstić information content (AvgIpc) is 3.19. The Hall–Kier alpha value is -4.31. The maximum atomic E-state index is 13.2. The molecule has 0 bridgehead atoms. The highest BCUT2D eigenvalue weighted by molar-refractivity contribution is 6.02. The number of esters is 1. The van der Waals surface area contributed by atoms with Crippen LogP contribution in [-0.4, -0.2) is 54.1 Å². The molecule has 0 spiro atoms. The van der Waals surface area contributed by atoms with Gasteiger partial charge in [0.05, 0.1) is 12.2 Å². The highest BCUT2D eigenvalue weighted by Crippen LogP contribution is 2.24. The van der Waals surface area contributed by atoms with Crippen LogP contribution in [0.3, 0.4) is 0 Å². The minimum atomic E-state index is -0.351. The van der Waals surface area contributed by atoms with Crippen LogP contribution in [-0.2, 0) is 9.53 Å². The second-order valence-electron chi connectivity index (χ2n) is 8.71. The fraction of sp³-hybridized carbons (Fsp3) is 0.276. The average molecular weight is 483 g/mol. The van der Waals surface area contributed by atoms with Gasteiger partial charge in [0.15, 0.2) is 0 Å². The molecule has 0 radical (unpaired) electrons. The SMILES string of the molecule is CCOC(=O)c1ccc(-n2c(C)cc(/C=C(/C#N)C(=O)N3CCN(c4ccccc4)CC3)c2C)cc1. The molecule has 0 unspecified atom stereocenters. The first-order chi connectivity index (χ1) is 17.4. The summed E-state index contributed by atoms with van der Waals surface area (Å²) < 4.78 is 7.10. The number of hydrogen-bond acceptors (Lipinski definition) is 5. The van der Waals surface area contributed by atoms with Crippen LogP contribution in [0.2, 0.25) is 0 Å². The van der Waals surface area contributed by atoms with Crippen LogP contribution < -0.4 is 4.90 Å². The summed E-state index contributed by atoms with van der Waals surface area (Å²) in [6.07, 6.45) is 1.68. The zero-order valence-electron chi connectivity index (χ0n) is 20.9. The molecule has 1 saturated heterocycles. The third-order valence-electron chi connectivity index (χ3n) is 6.45. The maximum Gasteiger partial charge on any atom is 0.338 e. The first-order valence-corrected chi connectivity index (χ1v) is 12.1. The van der Waals surface area contributed by atoms with E-state index in [9.17, 15) is 14.9 Å². The van der Waals surface area contributed by atoms with E-state index < -0.39 is 0 Å². The summed E-state index contributed by atoms with van der Waals surface area (Å²) in [5, 5.41) is 9.80. The number of anilines is 1. The van der Waals surface area contributed by atoms with E-state index in [2.05, 4.69) is 23.1 Å². The Bertz CT molecular complexity index is 1310. The van der Waals surface area contributed by atoms with Gasteiger partial charge in [0, 0.05) is 48.9 Å². The van der Waals surface area contributed by atoms with Gasteiger partial charge in [0.1, 0.15) is 11.6 Å². The molecule has 1 amide bonds. The quantitative estimate of drug-likeness (QED) is 0.293. The number of rotatable bonds is 6. The van der Waals surface area contributed by atoms with Gasteiger partial charge in [-0.3, -0.25) is 4.79 Å². The van der Waals surface area contributed by atoms with Crippen LogP contribution in [0.5, 0.6) is 0 Å². The maximum absolute atomic E-state index is 13.2. The van der Waals surface area contributed by atoms with Crippen LogP contribution in [0, 0.1) is 25.2 Å². The van der Waals surface area contributed by atoms with E-state index in [1.165, 1.54) is 0 Å². The van der Waals surface area contributed by atoms with Crippen molar-refractivity contribution in [2.45, 2.75) is 20.8 Å². The van der Waals surface area contributed by atoms with Gasteiger partial charge in [-0.25, -0.2) is 4.79 Å². The third kappa shape index (κ3) is 5.18. The minimum absolute atomic E-state index is 0.126. The molecular formula is C29H30N4O3. The number of piperazine rings is 1. The van der Waals surface area contributed by atoms with Crippen molar-refractivity contribution >= 4 is 23.6 Å². The van der Waals surface area contributed by atoms with E-state index in [1.807, 2.05) is 54.8 Å². The molecule has 7 nitrogen and oxygen atoms in total. The van der Waals surface area contributed by atoms with Crippen molar-refractivity contribution in [2.75, 3.05) is 37.7 Å². The minimum Gasteiger partial charge on any atom is -0.462 e. The van der Waals surface area contributed by atoms with Crippen LogP contribution in [0.4, 0.5) is 5.69 Å². The molecule has 0 aliphatic carbocycles. The van der Waals surface area contributed by atoms with Crippen molar-refractivity contribution in [1.82, 2.24) is 9.47 Å². The smallest absolute Gasteiger partial charge is 0.338 e. The Morgan fingerprint density at radius 1 is 0.972 bits per heavy atom. The lowest BCUT2D eigenvalue weighted by Gasteiger charge is -2.36. The van der Waals surface area contributed by atoms with Gasteiger partial charge in [-0.2, -0.15) is 5.26 Å². The fourth-order valence-corrected chi connectivity index (χ4v) is 4.57. The number of aromatic nitrogens is 1. The summed E-state index contributed by atoms with van der Waals surface area (Å²) in [5.74, 6) is -0.593. The number of para-hydroxylation sites is 1. The number of carbonyl (C=O) groups excluding carboxylic acids is 2. The molecule has 4 rings (SSSR count). The Morgan fingerprint density at radius 2 is 1.64 bits per heavy atom. The Balaban J connectivity index is 1.51. The monoisotopic (exact) mass is 482 g/mol. The summed E-state index contributed by atoms with van der Waals surface area (Å²) in [4.78, 5) is 29.1. The zero-order chi connectivity index (χ0) is 25.7. The molecule has 3 aromatic rings. The van der Waals surface area contributed by atoms with Crippen molar-refractivity contribution in [3.8, 4) is 11.8 Å². The standard InChI is InChI=1S/C29H30N4O3/c1-4-36-29(35)23-10-12-27(13-11-23)33-21(2)18-24(22(33)3)19-25(20-30)28(34)32-16-14-31(15-17-32)26-8-6-5-7-9-26/h5-13,18-19H,4,14-17H2,1-3H3/b25-19-.